The molecule has 1 aromatic heterocycles. The molecule has 0 aliphatic carbocycles. The number of benzene rings is 2. The Morgan fingerprint density at radius 1 is 0.840 bits per heavy atom. The molecule has 4 N–H and O–H groups in total. The molecule has 3 fully saturated rings. The van der Waals surface area contributed by atoms with Crippen molar-refractivity contribution < 1.29 is 40.7 Å². The molecule has 3 aliphatic heterocycles. The number of rotatable bonds is 6. The van der Waals surface area contributed by atoms with E-state index in [0.717, 1.165) is 25.9 Å². The normalized spacial score (nSPS) is 19.6. The van der Waals surface area contributed by atoms with Gasteiger partial charge in [0, 0.05) is 38.6 Å². The number of halogens is 6. The zero-order chi connectivity index (χ0) is 35.8. The molecule has 0 bridgehead atoms. The van der Waals surface area contributed by atoms with Crippen LogP contribution in [0.1, 0.15) is 61.3 Å². The second-order valence-corrected chi connectivity index (χ2v) is 13.5. The predicted octanol–water partition coefficient (Wildman–Crippen LogP) is 5.57. The molecule has 2 aromatic carbocycles. The number of likely N-dealkylation sites (tertiary alicyclic amines) is 2. The number of aromatic nitrogens is 2. The molecule has 4 heterocycles. The summed E-state index contributed by atoms with van der Waals surface area (Å²) in [5.41, 5.74) is 1.11. The zero-order valence-corrected chi connectivity index (χ0v) is 27.3. The van der Waals surface area contributed by atoms with Gasteiger partial charge in [0.1, 0.15) is 0 Å². The third kappa shape index (κ3) is 7.59. The minimum Gasteiger partial charge on any atom is -0.436 e. The molecule has 3 aliphatic rings. The first-order valence-electron chi connectivity index (χ1n) is 16.9. The topological polar surface area (TPSA) is 126 Å². The number of amides is 2. The lowest BCUT2D eigenvalue weighted by Crippen LogP contribution is -2.49. The zero-order valence-electron chi connectivity index (χ0n) is 27.3. The number of nitrogens with zero attached hydrogens (tertiary/aromatic N) is 3. The number of hydrogen-bond acceptors (Lipinski definition) is 6. The van der Waals surface area contributed by atoms with Crippen LogP contribution in [0.3, 0.4) is 0 Å². The Hall–Kier alpha value is -4.21. The van der Waals surface area contributed by atoms with Crippen LogP contribution in [-0.2, 0) is 28.3 Å². The smallest absolute Gasteiger partial charge is 0.418 e. The number of ether oxygens (including phenoxy) is 1. The Morgan fingerprint density at radius 3 is 2.00 bits per heavy atom. The van der Waals surface area contributed by atoms with E-state index in [-0.39, 0.29) is 24.8 Å². The van der Waals surface area contributed by atoms with Gasteiger partial charge in [-0.05, 0) is 93.3 Å². The number of piperidine rings is 3. The quantitative estimate of drug-likeness (QED) is 0.227. The number of nitrogen functional groups attached to an aromatic ring is 1. The monoisotopic (exact) mass is 710 g/mol. The molecular weight excluding hydrogens is 670 g/mol. The van der Waals surface area contributed by atoms with Crippen LogP contribution in [0.2, 0.25) is 0 Å². The summed E-state index contributed by atoms with van der Waals surface area (Å²) in [4.78, 5) is 45.8. The number of para-hydroxylation sites is 2. The van der Waals surface area contributed by atoms with Crippen molar-refractivity contribution in [3.63, 3.8) is 0 Å². The molecule has 6 rings (SSSR count). The molecule has 2 amide bonds. The van der Waals surface area contributed by atoms with Crippen molar-refractivity contribution in [3.8, 4) is 0 Å². The van der Waals surface area contributed by atoms with E-state index in [1.807, 2.05) is 12.1 Å². The number of hydrogen-bond donors (Lipinski definition) is 3. The van der Waals surface area contributed by atoms with Gasteiger partial charge in [0.05, 0.1) is 27.8 Å². The highest BCUT2D eigenvalue weighted by Gasteiger charge is 2.42. The van der Waals surface area contributed by atoms with Crippen molar-refractivity contribution in [3.05, 3.63) is 63.6 Å². The van der Waals surface area contributed by atoms with Gasteiger partial charge in [0.15, 0.2) is 6.10 Å². The average molecular weight is 711 g/mol. The second-order valence-electron chi connectivity index (χ2n) is 13.5. The number of carbonyl (C=O) groups excluding carboxylic acids is 2. The van der Waals surface area contributed by atoms with Gasteiger partial charge >= 0.3 is 24.1 Å². The third-order valence-corrected chi connectivity index (χ3v) is 10.4. The van der Waals surface area contributed by atoms with Crippen LogP contribution < -0.4 is 16.7 Å². The Morgan fingerprint density at radius 2 is 1.40 bits per heavy atom. The number of alkyl halides is 6. The Labute approximate surface area is 283 Å². The largest absolute Gasteiger partial charge is 0.436 e. The highest BCUT2D eigenvalue weighted by atomic mass is 19.4. The summed E-state index contributed by atoms with van der Waals surface area (Å²) in [6.45, 7) is 2.79. The molecule has 0 unspecified atom stereocenters. The molecule has 0 radical (unpaired) electrons. The van der Waals surface area contributed by atoms with E-state index in [9.17, 15) is 40.7 Å². The van der Waals surface area contributed by atoms with Crippen LogP contribution in [0.25, 0.3) is 11.0 Å². The lowest BCUT2D eigenvalue weighted by molar-refractivity contribution is -0.142. The SMILES string of the molecule is Nc1c(C(F)(F)F)cc(C[C@@H](OC(=O)N2CCC(n3c(=O)[nH]c4ccccc43)CC2)C(=O)N2CCC(C3CCNCC3)CC2)cc1C(F)(F)F. The van der Waals surface area contributed by atoms with Gasteiger partial charge < -0.3 is 30.6 Å². The highest BCUT2D eigenvalue weighted by Crippen LogP contribution is 2.42. The van der Waals surface area contributed by atoms with Crippen molar-refractivity contribution >= 4 is 28.7 Å². The number of H-pyrrole nitrogens is 1. The number of nitrogens with one attached hydrogen (secondary N) is 2. The predicted molar refractivity (Wildman–Crippen MR) is 172 cm³/mol. The van der Waals surface area contributed by atoms with Crippen LogP contribution in [0.4, 0.5) is 36.8 Å². The highest BCUT2D eigenvalue weighted by molar-refractivity contribution is 5.84. The van der Waals surface area contributed by atoms with Gasteiger partial charge in [0.2, 0.25) is 0 Å². The number of fused-ring (bicyclic) bond motifs is 1. The first-order valence-corrected chi connectivity index (χ1v) is 16.9. The standard InChI is InChI=1S/C34H40F6N6O4/c35-33(36,37)24-17-20(18-25(29(24)41)34(38,39)40)19-28(30(47)44-13-7-22(8-14-44)21-5-11-42-12-6-21)50-32(49)45-15-9-23(10-16-45)46-27-4-2-1-3-26(27)43-31(46)48/h1-4,17-18,21-23,28,42H,5-16,19,41H2,(H,43,48)/t28-/m1/s1. The maximum Gasteiger partial charge on any atom is 0.418 e. The molecule has 50 heavy (non-hydrogen) atoms. The first-order chi connectivity index (χ1) is 23.7. The summed E-state index contributed by atoms with van der Waals surface area (Å²) in [6, 6.07) is 7.92. The van der Waals surface area contributed by atoms with Crippen molar-refractivity contribution in [2.24, 2.45) is 11.8 Å². The summed E-state index contributed by atoms with van der Waals surface area (Å²) < 4.78 is 90.3. The lowest BCUT2D eigenvalue weighted by atomic mass is 9.79. The number of anilines is 1. The molecule has 3 aromatic rings. The van der Waals surface area contributed by atoms with Crippen molar-refractivity contribution in [2.75, 3.05) is 45.0 Å². The molecule has 16 heteroatoms. The van der Waals surface area contributed by atoms with Crippen molar-refractivity contribution in [1.82, 2.24) is 24.7 Å². The fourth-order valence-corrected chi connectivity index (χ4v) is 7.74. The van der Waals surface area contributed by atoms with E-state index in [1.54, 1.807) is 16.7 Å². The summed E-state index contributed by atoms with van der Waals surface area (Å²) in [7, 11) is 0. The second kappa shape index (κ2) is 14.2. The van der Waals surface area contributed by atoms with Gasteiger partial charge in [-0.15, -0.1) is 0 Å². The van der Waals surface area contributed by atoms with Crippen LogP contribution in [0.5, 0.6) is 0 Å². The maximum atomic E-state index is 13.9. The van der Waals surface area contributed by atoms with E-state index < -0.39 is 59.3 Å². The van der Waals surface area contributed by atoms with Crippen LogP contribution in [0.15, 0.2) is 41.2 Å². The Balaban J connectivity index is 1.21. The fourth-order valence-electron chi connectivity index (χ4n) is 7.74. The average Bonchev–Trinajstić information content (AvgIpc) is 3.43. The number of carbonyl (C=O) groups is 2. The van der Waals surface area contributed by atoms with Gasteiger partial charge in [-0.2, -0.15) is 26.3 Å². The van der Waals surface area contributed by atoms with E-state index in [0.29, 0.717) is 73.8 Å². The van der Waals surface area contributed by atoms with Crippen molar-refractivity contribution in [1.29, 1.82) is 0 Å². The van der Waals surface area contributed by atoms with Crippen LogP contribution in [0, 0.1) is 11.8 Å². The molecule has 1 atom stereocenters. The third-order valence-electron chi connectivity index (χ3n) is 10.4. The van der Waals surface area contributed by atoms with Crippen LogP contribution >= 0.6 is 0 Å². The summed E-state index contributed by atoms with van der Waals surface area (Å²) in [5.74, 6) is 0.205. The number of nitrogens with two attached hydrogens (primary N) is 1. The van der Waals surface area contributed by atoms with Gasteiger partial charge in [-0.25, -0.2) is 9.59 Å². The van der Waals surface area contributed by atoms with Crippen LogP contribution in [-0.4, -0.2) is 76.7 Å². The van der Waals surface area contributed by atoms with E-state index in [1.165, 1.54) is 9.80 Å². The molecular formula is C34H40F6N6O4. The minimum absolute atomic E-state index is 0.149. The molecule has 0 spiro atoms. The minimum atomic E-state index is -5.20. The summed E-state index contributed by atoms with van der Waals surface area (Å²) in [5, 5.41) is 3.33. The van der Waals surface area contributed by atoms with E-state index in [2.05, 4.69) is 10.3 Å². The van der Waals surface area contributed by atoms with Gasteiger partial charge in [0.25, 0.3) is 5.91 Å². The summed E-state index contributed by atoms with van der Waals surface area (Å²) in [6.07, 6.45) is -9.55. The lowest BCUT2D eigenvalue weighted by Gasteiger charge is -2.39. The maximum absolute atomic E-state index is 13.9. The molecule has 272 valence electrons. The van der Waals surface area contributed by atoms with Gasteiger partial charge in [-0.3, -0.25) is 9.36 Å². The van der Waals surface area contributed by atoms with E-state index >= 15 is 0 Å². The molecule has 3 saturated heterocycles. The van der Waals surface area contributed by atoms with Crippen molar-refractivity contribution in [2.45, 2.75) is 69.4 Å². The number of aromatic amines is 1. The number of imidazole rings is 1. The first kappa shape index (κ1) is 35.6. The van der Waals surface area contributed by atoms with Gasteiger partial charge in [-0.1, -0.05) is 12.1 Å². The Kier molecular flexibility index (Phi) is 10.1. The van der Waals surface area contributed by atoms with E-state index in [4.69, 9.17) is 10.5 Å². The fraction of sp³-hybridized carbons (Fsp3) is 0.559. The summed E-state index contributed by atoms with van der Waals surface area (Å²) >= 11 is 0. The Bertz CT molecular complexity index is 1710. The molecule has 10 nitrogen and oxygen atoms in total. The molecule has 0 saturated carbocycles.